The minimum Gasteiger partial charge on any atom is -0.478 e. The molecule has 0 radical (unpaired) electrons. The van der Waals surface area contributed by atoms with Gasteiger partial charge in [-0.1, -0.05) is 50.3 Å². The van der Waals surface area contributed by atoms with E-state index in [1.165, 1.54) is 32.1 Å². The SMILES string of the molecule is Cc1ccc(NC(=O)CCC2CCCCC2)cc1-c1ccc(C(=O)O)cc1. The lowest BCUT2D eigenvalue weighted by Gasteiger charge is -2.21. The molecule has 0 atom stereocenters. The highest BCUT2D eigenvalue weighted by Crippen LogP contribution is 2.29. The number of aryl methyl sites for hydroxylation is 1. The van der Waals surface area contributed by atoms with Gasteiger partial charge in [0.25, 0.3) is 0 Å². The van der Waals surface area contributed by atoms with Crippen LogP contribution in [0.3, 0.4) is 0 Å². The average molecular weight is 365 g/mol. The zero-order valence-corrected chi connectivity index (χ0v) is 15.8. The molecular weight excluding hydrogens is 338 g/mol. The first-order valence-electron chi connectivity index (χ1n) is 9.77. The number of hydrogen-bond acceptors (Lipinski definition) is 2. The van der Waals surface area contributed by atoms with E-state index < -0.39 is 5.97 Å². The van der Waals surface area contributed by atoms with Crippen LogP contribution in [0, 0.1) is 12.8 Å². The minimum atomic E-state index is -0.933. The van der Waals surface area contributed by atoms with Crippen LogP contribution in [-0.4, -0.2) is 17.0 Å². The molecule has 0 spiro atoms. The van der Waals surface area contributed by atoms with Gasteiger partial charge in [0.05, 0.1) is 5.56 Å². The highest BCUT2D eigenvalue weighted by atomic mass is 16.4. The van der Waals surface area contributed by atoms with Crippen molar-refractivity contribution in [3.05, 3.63) is 53.6 Å². The van der Waals surface area contributed by atoms with Crippen molar-refractivity contribution in [3.8, 4) is 11.1 Å². The highest BCUT2D eigenvalue weighted by Gasteiger charge is 2.15. The van der Waals surface area contributed by atoms with E-state index in [0.717, 1.165) is 28.8 Å². The summed E-state index contributed by atoms with van der Waals surface area (Å²) >= 11 is 0. The van der Waals surface area contributed by atoms with Crippen molar-refractivity contribution in [1.82, 2.24) is 0 Å². The number of carbonyl (C=O) groups excluding carboxylic acids is 1. The summed E-state index contributed by atoms with van der Waals surface area (Å²) in [5.74, 6) is -0.167. The maximum absolute atomic E-state index is 12.3. The van der Waals surface area contributed by atoms with Gasteiger partial charge in [-0.25, -0.2) is 4.79 Å². The molecule has 0 heterocycles. The minimum absolute atomic E-state index is 0.0663. The lowest BCUT2D eigenvalue weighted by molar-refractivity contribution is -0.116. The largest absolute Gasteiger partial charge is 0.478 e. The van der Waals surface area contributed by atoms with Crippen LogP contribution in [0.1, 0.15) is 60.9 Å². The Morgan fingerprint density at radius 1 is 1.04 bits per heavy atom. The van der Waals surface area contributed by atoms with Crippen molar-refractivity contribution in [2.75, 3.05) is 5.32 Å². The van der Waals surface area contributed by atoms with E-state index in [4.69, 9.17) is 5.11 Å². The zero-order valence-electron chi connectivity index (χ0n) is 15.8. The summed E-state index contributed by atoms with van der Waals surface area (Å²) in [6.07, 6.45) is 8.00. The third kappa shape index (κ3) is 5.19. The normalized spacial score (nSPS) is 14.7. The molecule has 2 aromatic rings. The van der Waals surface area contributed by atoms with Crippen LogP contribution in [0.2, 0.25) is 0 Å². The van der Waals surface area contributed by atoms with Gasteiger partial charge < -0.3 is 10.4 Å². The van der Waals surface area contributed by atoms with Gasteiger partial charge in [-0.3, -0.25) is 4.79 Å². The molecule has 0 bridgehead atoms. The molecule has 142 valence electrons. The smallest absolute Gasteiger partial charge is 0.335 e. The van der Waals surface area contributed by atoms with Gasteiger partial charge in [0.15, 0.2) is 0 Å². The van der Waals surface area contributed by atoms with Crippen molar-refractivity contribution in [3.63, 3.8) is 0 Å². The second kappa shape index (κ2) is 8.85. The number of nitrogens with one attached hydrogen (secondary N) is 1. The number of carbonyl (C=O) groups is 2. The molecule has 3 rings (SSSR count). The molecule has 0 aliphatic heterocycles. The summed E-state index contributed by atoms with van der Waals surface area (Å²) in [6.45, 7) is 2.01. The molecule has 1 amide bonds. The standard InChI is InChI=1S/C23H27NO3/c1-16-7-13-20(24-22(25)14-8-17-5-3-2-4-6-17)15-21(16)18-9-11-19(12-10-18)23(26)27/h7,9-13,15,17H,2-6,8,14H2,1H3,(H,24,25)(H,26,27). The molecule has 1 fully saturated rings. The maximum Gasteiger partial charge on any atom is 0.335 e. The Labute approximate surface area is 160 Å². The molecule has 0 saturated heterocycles. The van der Waals surface area contributed by atoms with E-state index in [1.54, 1.807) is 24.3 Å². The van der Waals surface area contributed by atoms with Crippen molar-refractivity contribution in [2.24, 2.45) is 5.92 Å². The summed E-state index contributed by atoms with van der Waals surface area (Å²) in [5, 5.41) is 12.1. The van der Waals surface area contributed by atoms with Crippen LogP contribution >= 0.6 is 0 Å². The molecule has 2 aromatic carbocycles. The molecule has 0 aromatic heterocycles. The second-order valence-corrected chi connectivity index (χ2v) is 7.50. The number of hydrogen-bond donors (Lipinski definition) is 2. The number of amides is 1. The lowest BCUT2D eigenvalue weighted by atomic mass is 9.86. The summed E-state index contributed by atoms with van der Waals surface area (Å²) in [7, 11) is 0. The quantitative estimate of drug-likeness (QED) is 0.694. The van der Waals surface area contributed by atoms with Gasteiger partial charge in [-0.05, 0) is 60.2 Å². The van der Waals surface area contributed by atoms with Gasteiger partial charge in [0.1, 0.15) is 0 Å². The summed E-state index contributed by atoms with van der Waals surface area (Å²) in [4.78, 5) is 23.4. The molecule has 1 saturated carbocycles. The third-order valence-electron chi connectivity index (χ3n) is 5.47. The van der Waals surface area contributed by atoms with Gasteiger partial charge in [-0.15, -0.1) is 0 Å². The molecule has 27 heavy (non-hydrogen) atoms. The predicted octanol–water partition coefficient (Wildman–Crippen LogP) is 5.66. The van der Waals surface area contributed by atoms with E-state index >= 15 is 0 Å². The fraction of sp³-hybridized carbons (Fsp3) is 0.391. The fourth-order valence-corrected chi connectivity index (χ4v) is 3.84. The van der Waals surface area contributed by atoms with Crippen LogP contribution in [0.25, 0.3) is 11.1 Å². The van der Waals surface area contributed by atoms with Gasteiger partial charge in [-0.2, -0.15) is 0 Å². The molecule has 1 aliphatic rings. The molecule has 2 N–H and O–H groups in total. The van der Waals surface area contributed by atoms with Gasteiger partial charge in [0.2, 0.25) is 5.91 Å². The van der Waals surface area contributed by atoms with E-state index in [0.29, 0.717) is 12.3 Å². The second-order valence-electron chi connectivity index (χ2n) is 7.50. The first-order chi connectivity index (χ1) is 13.0. The Bertz CT molecular complexity index is 805. The predicted molar refractivity (Wildman–Crippen MR) is 108 cm³/mol. The lowest BCUT2D eigenvalue weighted by Crippen LogP contribution is -2.15. The summed E-state index contributed by atoms with van der Waals surface area (Å²) < 4.78 is 0. The zero-order chi connectivity index (χ0) is 19.2. The Hall–Kier alpha value is -2.62. The molecule has 1 aliphatic carbocycles. The number of carboxylic acids is 1. The first kappa shape index (κ1) is 19.2. The van der Waals surface area contributed by atoms with Crippen LogP contribution < -0.4 is 5.32 Å². The highest BCUT2D eigenvalue weighted by molar-refractivity contribution is 5.92. The van der Waals surface area contributed by atoms with Crippen molar-refractivity contribution < 1.29 is 14.7 Å². The van der Waals surface area contributed by atoms with Gasteiger partial charge >= 0.3 is 5.97 Å². The van der Waals surface area contributed by atoms with Crippen LogP contribution in [0.4, 0.5) is 5.69 Å². The maximum atomic E-state index is 12.3. The number of aromatic carboxylic acids is 1. The molecule has 0 unspecified atom stereocenters. The van der Waals surface area contributed by atoms with E-state index in [-0.39, 0.29) is 11.5 Å². The van der Waals surface area contributed by atoms with Crippen molar-refractivity contribution in [2.45, 2.75) is 51.9 Å². The number of benzene rings is 2. The van der Waals surface area contributed by atoms with Crippen molar-refractivity contribution in [1.29, 1.82) is 0 Å². The monoisotopic (exact) mass is 365 g/mol. The fourth-order valence-electron chi connectivity index (χ4n) is 3.84. The Morgan fingerprint density at radius 3 is 2.41 bits per heavy atom. The summed E-state index contributed by atoms with van der Waals surface area (Å²) in [6, 6.07) is 12.7. The average Bonchev–Trinajstić information content (AvgIpc) is 2.69. The molecule has 4 nitrogen and oxygen atoms in total. The van der Waals surface area contributed by atoms with Crippen LogP contribution in [-0.2, 0) is 4.79 Å². The van der Waals surface area contributed by atoms with Crippen molar-refractivity contribution >= 4 is 17.6 Å². The van der Waals surface area contributed by atoms with Gasteiger partial charge in [0, 0.05) is 12.1 Å². The Morgan fingerprint density at radius 2 is 1.74 bits per heavy atom. The van der Waals surface area contributed by atoms with Crippen LogP contribution in [0.5, 0.6) is 0 Å². The Balaban J connectivity index is 1.65. The van der Waals surface area contributed by atoms with E-state index in [2.05, 4.69) is 5.32 Å². The topological polar surface area (TPSA) is 66.4 Å². The van der Waals surface area contributed by atoms with E-state index in [9.17, 15) is 9.59 Å². The number of carboxylic acid groups (broad SMARTS) is 1. The summed E-state index contributed by atoms with van der Waals surface area (Å²) in [5.41, 5.74) is 4.07. The third-order valence-corrected chi connectivity index (χ3v) is 5.47. The molecule has 4 heteroatoms. The Kier molecular flexibility index (Phi) is 6.28. The van der Waals surface area contributed by atoms with E-state index in [1.807, 2.05) is 25.1 Å². The molecular formula is C23H27NO3. The van der Waals surface area contributed by atoms with Crippen LogP contribution in [0.15, 0.2) is 42.5 Å². The number of rotatable bonds is 6. The number of anilines is 1. The first-order valence-corrected chi connectivity index (χ1v) is 9.77.